The zero-order valence-corrected chi connectivity index (χ0v) is 15.2. The number of carbonyl (C=O) groups is 1. The number of amides is 1. The number of methoxy groups -OCH3 is 1. The summed E-state index contributed by atoms with van der Waals surface area (Å²) in [6, 6.07) is 7.48. The number of benzene rings is 1. The third-order valence-corrected chi connectivity index (χ3v) is 4.10. The van der Waals surface area contributed by atoms with Crippen molar-refractivity contribution >= 4 is 28.3 Å². The molecular weight excluding hydrogens is 334 g/mol. The van der Waals surface area contributed by atoms with Crippen molar-refractivity contribution < 1.29 is 14.4 Å². The largest absolute Gasteiger partial charge is 0.497 e. The highest BCUT2D eigenvalue weighted by Gasteiger charge is 2.21. The van der Waals surface area contributed by atoms with E-state index >= 15 is 0 Å². The number of fused-ring (bicyclic) bond motifs is 1. The van der Waals surface area contributed by atoms with E-state index in [1.54, 1.807) is 25.0 Å². The fourth-order valence-electron chi connectivity index (χ4n) is 2.65. The Morgan fingerprint density at radius 3 is 2.81 bits per heavy atom. The Balaban J connectivity index is 2.14. The Labute approximate surface area is 151 Å². The van der Waals surface area contributed by atoms with Gasteiger partial charge in [0.2, 0.25) is 0 Å². The van der Waals surface area contributed by atoms with Crippen LogP contribution in [0.25, 0.3) is 11.0 Å². The summed E-state index contributed by atoms with van der Waals surface area (Å²) in [5, 5.41) is 9.57. The van der Waals surface area contributed by atoms with Crippen LogP contribution in [0.2, 0.25) is 0 Å². The summed E-state index contributed by atoms with van der Waals surface area (Å²) in [6.45, 7) is 2.67. The van der Waals surface area contributed by atoms with Crippen LogP contribution in [0.3, 0.4) is 0 Å². The molecule has 8 nitrogen and oxygen atoms in total. The molecule has 1 amide bonds. The standard InChI is InChI=1S/C18H21N5O3/c1-5-23-17-14(11-20-23)16(15(10-19-17)18(24)22(2)26-4)21-12-7-6-8-13(9-12)25-3/h6-11H,5H2,1-4H3,(H,19,21). The molecule has 0 aliphatic carbocycles. The zero-order valence-electron chi connectivity index (χ0n) is 15.2. The van der Waals surface area contributed by atoms with E-state index in [0.29, 0.717) is 29.2 Å². The number of ether oxygens (including phenoxy) is 1. The van der Waals surface area contributed by atoms with Crippen LogP contribution in [0.15, 0.2) is 36.7 Å². The van der Waals surface area contributed by atoms with E-state index in [2.05, 4.69) is 15.4 Å². The van der Waals surface area contributed by atoms with Gasteiger partial charge in [-0.2, -0.15) is 5.10 Å². The normalized spacial score (nSPS) is 10.8. The Hall–Kier alpha value is -3.13. The Bertz CT molecular complexity index is 938. The SMILES string of the molecule is CCn1ncc2c(Nc3cccc(OC)c3)c(C(=O)N(C)OC)cnc21. The van der Waals surface area contributed by atoms with Gasteiger partial charge in [0.1, 0.15) is 5.75 Å². The topological polar surface area (TPSA) is 81.5 Å². The van der Waals surface area contributed by atoms with E-state index in [9.17, 15) is 4.79 Å². The first kappa shape index (κ1) is 17.7. The molecule has 8 heteroatoms. The summed E-state index contributed by atoms with van der Waals surface area (Å²) in [4.78, 5) is 22.2. The lowest BCUT2D eigenvalue weighted by atomic mass is 10.1. The fourth-order valence-corrected chi connectivity index (χ4v) is 2.65. The summed E-state index contributed by atoms with van der Waals surface area (Å²) in [7, 11) is 4.60. The van der Waals surface area contributed by atoms with Crippen molar-refractivity contribution in [1.82, 2.24) is 19.8 Å². The Morgan fingerprint density at radius 2 is 2.12 bits per heavy atom. The van der Waals surface area contributed by atoms with Crippen LogP contribution >= 0.6 is 0 Å². The van der Waals surface area contributed by atoms with Crippen LogP contribution in [0, 0.1) is 0 Å². The van der Waals surface area contributed by atoms with Crippen LogP contribution in [-0.4, -0.2) is 47.0 Å². The van der Waals surface area contributed by atoms with Crippen molar-refractivity contribution in [3.63, 3.8) is 0 Å². The predicted octanol–water partition coefficient (Wildman–Crippen LogP) is 2.84. The van der Waals surface area contributed by atoms with E-state index in [-0.39, 0.29) is 5.91 Å². The van der Waals surface area contributed by atoms with Gasteiger partial charge in [-0.1, -0.05) is 6.07 Å². The maximum Gasteiger partial charge on any atom is 0.280 e. The van der Waals surface area contributed by atoms with Crippen molar-refractivity contribution in [2.45, 2.75) is 13.5 Å². The van der Waals surface area contributed by atoms with Gasteiger partial charge in [0, 0.05) is 31.5 Å². The molecule has 0 saturated heterocycles. The molecule has 1 N–H and O–H groups in total. The minimum atomic E-state index is -0.309. The van der Waals surface area contributed by atoms with Crippen molar-refractivity contribution in [1.29, 1.82) is 0 Å². The summed E-state index contributed by atoms with van der Waals surface area (Å²) >= 11 is 0. The summed E-state index contributed by atoms with van der Waals surface area (Å²) in [6.07, 6.45) is 3.24. The molecule has 3 aromatic rings. The van der Waals surface area contributed by atoms with E-state index in [0.717, 1.165) is 16.1 Å². The molecule has 2 aromatic heterocycles. The van der Waals surface area contributed by atoms with E-state index in [1.807, 2.05) is 31.2 Å². The summed E-state index contributed by atoms with van der Waals surface area (Å²) in [5.41, 5.74) is 2.50. The third-order valence-electron chi connectivity index (χ3n) is 4.10. The lowest BCUT2D eigenvalue weighted by molar-refractivity contribution is -0.0756. The first-order valence-electron chi connectivity index (χ1n) is 8.16. The van der Waals surface area contributed by atoms with Crippen molar-refractivity contribution in [3.05, 3.63) is 42.2 Å². The lowest BCUT2D eigenvalue weighted by Crippen LogP contribution is -2.26. The molecule has 2 heterocycles. The second-order valence-electron chi connectivity index (χ2n) is 5.59. The molecule has 136 valence electrons. The maximum absolute atomic E-state index is 12.7. The predicted molar refractivity (Wildman–Crippen MR) is 98.6 cm³/mol. The van der Waals surface area contributed by atoms with Crippen molar-refractivity contribution in [2.75, 3.05) is 26.6 Å². The second-order valence-corrected chi connectivity index (χ2v) is 5.59. The highest BCUT2D eigenvalue weighted by atomic mass is 16.7. The molecule has 0 fully saturated rings. The van der Waals surface area contributed by atoms with E-state index in [4.69, 9.17) is 9.57 Å². The summed E-state index contributed by atoms with van der Waals surface area (Å²) < 4.78 is 7.05. The zero-order chi connectivity index (χ0) is 18.7. The summed E-state index contributed by atoms with van der Waals surface area (Å²) in [5.74, 6) is 0.406. The number of aromatic nitrogens is 3. The molecule has 0 saturated carbocycles. The molecule has 3 rings (SSSR count). The van der Waals surface area contributed by atoms with Gasteiger partial charge >= 0.3 is 0 Å². The molecule has 0 unspecified atom stereocenters. The highest BCUT2D eigenvalue weighted by molar-refractivity contribution is 6.07. The molecule has 0 aliphatic heterocycles. The van der Waals surface area contributed by atoms with Gasteiger partial charge in [-0.15, -0.1) is 0 Å². The molecule has 0 bridgehead atoms. The number of hydrogen-bond acceptors (Lipinski definition) is 6. The molecule has 0 atom stereocenters. The number of carbonyl (C=O) groups excluding carboxylic acids is 1. The highest BCUT2D eigenvalue weighted by Crippen LogP contribution is 2.31. The number of pyridine rings is 1. The first-order valence-corrected chi connectivity index (χ1v) is 8.16. The number of aryl methyl sites for hydroxylation is 1. The third kappa shape index (κ3) is 3.18. The number of nitrogens with one attached hydrogen (secondary N) is 1. The van der Waals surface area contributed by atoms with Crippen molar-refractivity contribution in [3.8, 4) is 5.75 Å². The van der Waals surface area contributed by atoms with Gasteiger partial charge in [-0.05, 0) is 19.1 Å². The van der Waals surface area contributed by atoms with Crippen LogP contribution in [0.4, 0.5) is 11.4 Å². The van der Waals surface area contributed by atoms with Gasteiger partial charge in [0.15, 0.2) is 5.65 Å². The van der Waals surface area contributed by atoms with Gasteiger partial charge in [0.05, 0.1) is 37.1 Å². The number of hydroxylamine groups is 2. The van der Waals surface area contributed by atoms with Crippen LogP contribution < -0.4 is 10.1 Å². The average Bonchev–Trinajstić information content (AvgIpc) is 3.10. The van der Waals surface area contributed by atoms with E-state index in [1.165, 1.54) is 13.3 Å². The molecular formula is C18H21N5O3. The minimum absolute atomic E-state index is 0.309. The molecule has 0 spiro atoms. The fraction of sp³-hybridized carbons (Fsp3) is 0.278. The number of rotatable bonds is 6. The van der Waals surface area contributed by atoms with Gasteiger partial charge in [0.25, 0.3) is 5.91 Å². The van der Waals surface area contributed by atoms with Gasteiger partial charge in [-0.25, -0.2) is 14.7 Å². The molecule has 26 heavy (non-hydrogen) atoms. The molecule has 0 radical (unpaired) electrons. The number of hydrogen-bond donors (Lipinski definition) is 1. The van der Waals surface area contributed by atoms with Gasteiger partial charge < -0.3 is 10.1 Å². The van der Waals surface area contributed by atoms with Gasteiger partial charge in [-0.3, -0.25) is 9.63 Å². The number of anilines is 2. The van der Waals surface area contributed by atoms with Crippen LogP contribution in [-0.2, 0) is 11.4 Å². The average molecular weight is 355 g/mol. The van der Waals surface area contributed by atoms with E-state index < -0.39 is 0 Å². The number of nitrogens with zero attached hydrogens (tertiary/aromatic N) is 4. The first-order chi connectivity index (χ1) is 12.6. The lowest BCUT2D eigenvalue weighted by Gasteiger charge is -2.17. The smallest absolute Gasteiger partial charge is 0.280 e. The van der Waals surface area contributed by atoms with Crippen LogP contribution in [0.5, 0.6) is 5.75 Å². The van der Waals surface area contributed by atoms with Crippen LogP contribution in [0.1, 0.15) is 17.3 Å². The Kier molecular flexibility index (Phi) is 5.04. The molecule has 1 aromatic carbocycles. The molecule has 0 aliphatic rings. The monoisotopic (exact) mass is 355 g/mol. The minimum Gasteiger partial charge on any atom is -0.497 e. The second kappa shape index (κ2) is 7.40. The quantitative estimate of drug-likeness (QED) is 0.685. The van der Waals surface area contributed by atoms with Crippen molar-refractivity contribution in [2.24, 2.45) is 0 Å². The maximum atomic E-state index is 12.7. The Morgan fingerprint density at radius 1 is 1.31 bits per heavy atom.